The molecule has 0 bridgehead atoms. The van der Waals surface area contributed by atoms with Crippen molar-refractivity contribution in [1.82, 2.24) is 9.80 Å². The fraction of sp³-hybridized carbons (Fsp3) is 0.562. The van der Waals surface area contributed by atoms with E-state index in [-0.39, 0.29) is 30.1 Å². The van der Waals surface area contributed by atoms with Crippen molar-refractivity contribution in [2.45, 2.75) is 77.7 Å². The van der Waals surface area contributed by atoms with Crippen LogP contribution in [-0.2, 0) is 20.8 Å². The number of amides is 2. The van der Waals surface area contributed by atoms with Crippen LogP contribution in [0, 0.1) is 12.8 Å². The predicted molar refractivity (Wildman–Crippen MR) is 154 cm³/mol. The van der Waals surface area contributed by atoms with E-state index < -0.39 is 5.60 Å². The molecule has 0 unspecified atom stereocenters. The number of carbonyl (C=O) groups excluding carboxylic acids is 2. The molecule has 0 spiro atoms. The molecule has 2 amide bonds. The van der Waals surface area contributed by atoms with Crippen molar-refractivity contribution in [2.24, 2.45) is 5.92 Å². The molecule has 2 fully saturated rings. The first-order chi connectivity index (χ1) is 19.1. The zero-order chi connectivity index (χ0) is 28.7. The van der Waals surface area contributed by atoms with Crippen LogP contribution in [0.4, 0.5) is 4.79 Å². The van der Waals surface area contributed by atoms with Crippen LogP contribution in [0.2, 0.25) is 0 Å². The van der Waals surface area contributed by atoms with Crippen LogP contribution in [0.15, 0.2) is 48.5 Å². The number of nitrogens with zero attached hydrogens (tertiary/aromatic N) is 2. The summed E-state index contributed by atoms with van der Waals surface area (Å²) in [5.41, 5.74) is 1.46. The second kappa shape index (κ2) is 13.4. The second-order valence-corrected chi connectivity index (χ2v) is 11.8. The molecule has 8 heteroatoms. The number of carbonyl (C=O) groups is 2. The number of benzene rings is 2. The Labute approximate surface area is 238 Å². The summed E-state index contributed by atoms with van der Waals surface area (Å²) in [6.07, 6.45) is 2.54. The Balaban J connectivity index is 1.35. The lowest BCUT2D eigenvalue weighted by atomic mass is 9.84. The van der Waals surface area contributed by atoms with Crippen LogP contribution in [-0.4, -0.2) is 73.0 Å². The molecule has 1 aliphatic heterocycles. The van der Waals surface area contributed by atoms with E-state index in [1.165, 1.54) is 0 Å². The van der Waals surface area contributed by atoms with E-state index in [1.54, 1.807) is 7.11 Å². The summed E-state index contributed by atoms with van der Waals surface area (Å²) in [5.74, 6) is 1.76. The molecule has 218 valence electrons. The van der Waals surface area contributed by atoms with E-state index >= 15 is 0 Å². The lowest BCUT2D eigenvalue weighted by molar-refractivity contribution is -0.145. The van der Waals surface area contributed by atoms with Crippen molar-refractivity contribution in [3.8, 4) is 11.5 Å². The van der Waals surface area contributed by atoms with Gasteiger partial charge in [0.1, 0.15) is 29.8 Å². The van der Waals surface area contributed by atoms with Gasteiger partial charge in [0, 0.05) is 25.0 Å². The summed E-state index contributed by atoms with van der Waals surface area (Å²) in [4.78, 5) is 30.6. The Hall–Kier alpha value is -3.26. The van der Waals surface area contributed by atoms with Crippen molar-refractivity contribution >= 4 is 12.0 Å². The molecule has 0 radical (unpaired) electrons. The van der Waals surface area contributed by atoms with Crippen molar-refractivity contribution in [3.05, 3.63) is 59.7 Å². The first kappa shape index (κ1) is 29.7. The maximum absolute atomic E-state index is 13.5. The lowest BCUT2D eigenvalue weighted by Gasteiger charge is -2.39. The van der Waals surface area contributed by atoms with Gasteiger partial charge in [-0.25, -0.2) is 4.79 Å². The third kappa shape index (κ3) is 8.13. The summed E-state index contributed by atoms with van der Waals surface area (Å²) in [7, 11) is 1.66. The van der Waals surface area contributed by atoms with Gasteiger partial charge in [-0.3, -0.25) is 4.79 Å². The third-order valence-electron chi connectivity index (χ3n) is 7.56. The standard InChI is InChI=1S/C32H44N2O6/c1-23-19-24(11-16-29(23)37-5)20-34(31(36)40-32(2,3)4)26-14-12-25(13-15-26)30(35)33-17-18-38-28(21-33)22-39-27-9-7-6-8-10-27/h6-11,16,19,25-26,28H,12-15,17-18,20-22H2,1-5H3/t25?,26?,28-/m1/s1. The van der Waals surface area contributed by atoms with Gasteiger partial charge in [0.05, 0.1) is 20.3 Å². The number of para-hydroxylation sites is 1. The Morgan fingerprint density at radius 1 is 1.05 bits per heavy atom. The lowest BCUT2D eigenvalue weighted by Crippen LogP contribution is -2.51. The average Bonchev–Trinajstić information content (AvgIpc) is 2.94. The normalized spacial score (nSPS) is 21.4. The second-order valence-electron chi connectivity index (χ2n) is 11.8. The van der Waals surface area contributed by atoms with Crippen molar-refractivity contribution in [2.75, 3.05) is 33.4 Å². The Bertz CT molecular complexity index is 1120. The van der Waals surface area contributed by atoms with Gasteiger partial charge in [-0.2, -0.15) is 0 Å². The molecule has 1 atom stereocenters. The molecule has 40 heavy (non-hydrogen) atoms. The van der Waals surface area contributed by atoms with Crippen molar-refractivity contribution in [3.63, 3.8) is 0 Å². The quantitative estimate of drug-likeness (QED) is 0.424. The summed E-state index contributed by atoms with van der Waals surface area (Å²) in [6, 6.07) is 15.7. The number of aryl methyl sites for hydroxylation is 1. The fourth-order valence-electron chi connectivity index (χ4n) is 5.52. The van der Waals surface area contributed by atoms with Crippen LogP contribution in [0.3, 0.4) is 0 Å². The van der Waals surface area contributed by atoms with E-state index in [2.05, 4.69) is 6.07 Å². The fourth-order valence-corrected chi connectivity index (χ4v) is 5.52. The zero-order valence-electron chi connectivity index (χ0n) is 24.6. The minimum Gasteiger partial charge on any atom is -0.496 e. The van der Waals surface area contributed by atoms with Gasteiger partial charge in [-0.05, 0) is 82.7 Å². The van der Waals surface area contributed by atoms with E-state index in [0.717, 1.165) is 48.3 Å². The smallest absolute Gasteiger partial charge is 0.410 e. The molecule has 8 nitrogen and oxygen atoms in total. The summed E-state index contributed by atoms with van der Waals surface area (Å²) in [6.45, 7) is 10.2. The Morgan fingerprint density at radius 2 is 1.77 bits per heavy atom. The number of hydrogen-bond acceptors (Lipinski definition) is 6. The molecular weight excluding hydrogens is 508 g/mol. The topological polar surface area (TPSA) is 77.5 Å². The molecule has 0 aromatic heterocycles. The number of morpholine rings is 1. The summed E-state index contributed by atoms with van der Waals surface area (Å²) < 4.78 is 22.9. The molecule has 1 saturated carbocycles. The molecule has 2 aliphatic rings. The van der Waals surface area contributed by atoms with Crippen LogP contribution in [0.1, 0.15) is 57.6 Å². The maximum Gasteiger partial charge on any atom is 0.410 e. The van der Waals surface area contributed by atoms with E-state index in [1.807, 2.05) is 80.0 Å². The minimum atomic E-state index is -0.588. The van der Waals surface area contributed by atoms with Crippen LogP contribution in [0.25, 0.3) is 0 Å². The highest BCUT2D eigenvalue weighted by Gasteiger charge is 2.36. The molecule has 1 saturated heterocycles. The van der Waals surface area contributed by atoms with Crippen LogP contribution >= 0.6 is 0 Å². The summed E-state index contributed by atoms with van der Waals surface area (Å²) >= 11 is 0. The van der Waals surface area contributed by atoms with Gasteiger partial charge in [0.25, 0.3) is 0 Å². The number of hydrogen-bond donors (Lipinski definition) is 0. The minimum absolute atomic E-state index is 0.0121. The van der Waals surface area contributed by atoms with Gasteiger partial charge < -0.3 is 28.7 Å². The average molecular weight is 553 g/mol. The first-order valence-corrected chi connectivity index (χ1v) is 14.3. The Kier molecular flexibility index (Phi) is 9.95. The molecule has 0 N–H and O–H groups in total. The number of rotatable bonds is 8. The molecular formula is C32H44N2O6. The van der Waals surface area contributed by atoms with Crippen molar-refractivity contribution in [1.29, 1.82) is 0 Å². The van der Waals surface area contributed by atoms with Crippen LogP contribution in [0.5, 0.6) is 11.5 Å². The first-order valence-electron chi connectivity index (χ1n) is 14.3. The third-order valence-corrected chi connectivity index (χ3v) is 7.56. The molecule has 1 heterocycles. The van der Waals surface area contributed by atoms with E-state index in [0.29, 0.717) is 32.8 Å². The maximum atomic E-state index is 13.5. The molecule has 2 aromatic rings. The molecule has 2 aromatic carbocycles. The van der Waals surface area contributed by atoms with Gasteiger partial charge in [0.2, 0.25) is 5.91 Å². The highest BCUT2D eigenvalue weighted by molar-refractivity contribution is 5.79. The van der Waals surface area contributed by atoms with E-state index in [9.17, 15) is 9.59 Å². The highest BCUT2D eigenvalue weighted by Crippen LogP contribution is 2.32. The summed E-state index contributed by atoms with van der Waals surface area (Å²) in [5, 5.41) is 0. The largest absolute Gasteiger partial charge is 0.496 e. The predicted octanol–water partition coefficient (Wildman–Crippen LogP) is 5.61. The zero-order valence-corrected chi connectivity index (χ0v) is 24.6. The highest BCUT2D eigenvalue weighted by atomic mass is 16.6. The molecule has 1 aliphatic carbocycles. The molecule has 4 rings (SSSR count). The number of ether oxygens (including phenoxy) is 4. The van der Waals surface area contributed by atoms with Gasteiger partial charge in [-0.15, -0.1) is 0 Å². The monoisotopic (exact) mass is 552 g/mol. The SMILES string of the molecule is COc1ccc(CN(C(=O)OC(C)(C)C)C2CCC(C(=O)N3CCO[C@@H](COc4ccccc4)C3)CC2)cc1C. The van der Waals surface area contributed by atoms with Gasteiger partial charge in [0.15, 0.2) is 0 Å². The number of methoxy groups -OCH3 is 1. The van der Waals surface area contributed by atoms with Crippen molar-refractivity contribution < 1.29 is 28.5 Å². The van der Waals surface area contributed by atoms with E-state index in [4.69, 9.17) is 18.9 Å². The van der Waals surface area contributed by atoms with Gasteiger partial charge in [-0.1, -0.05) is 30.3 Å². The van der Waals surface area contributed by atoms with Gasteiger partial charge >= 0.3 is 6.09 Å². The Morgan fingerprint density at radius 3 is 2.42 bits per heavy atom. The van der Waals surface area contributed by atoms with Crippen LogP contribution < -0.4 is 9.47 Å².